The number of halogens is 1. The summed E-state index contributed by atoms with van der Waals surface area (Å²) in [6, 6.07) is 4.72. The molecule has 0 saturated carbocycles. The maximum atomic E-state index is 11.7. The predicted octanol–water partition coefficient (Wildman–Crippen LogP) is 1.91. The summed E-state index contributed by atoms with van der Waals surface area (Å²) in [6.45, 7) is 0. The van der Waals surface area contributed by atoms with E-state index >= 15 is 0 Å². The molecular weight excluding hydrogens is 270 g/mol. The van der Waals surface area contributed by atoms with Gasteiger partial charge in [0.05, 0.1) is 18.2 Å². The van der Waals surface area contributed by atoms with Gasteiger partial charge in [-0.25, -0.2) is 4.79 Å². The largest absolute Gasteiger partial charge is 0.465 e. The molecule has 0 radical (unpaired) electrons. The lowest BCUT2D eigenvalue weighted by atomic mass is 10.1. The van der Waals surface area contributed by atoms with Crippen molar-refractivity contribution in [3.05, 3.63) is 35.5 Å². The molecule has 0 saturated heterocycles. The number of aryl methyl sites for hydroxylation is 1. The summed E-state index contributed by atoms with van der Waals surface area (Å²) >= 11 is 5.20. The Morgan fingerprint density at radius 1 is 1.26 bits per heavy atom. The predicted molar refractivity (Wildman–Crippen MR) is 69.4 cm³/mol. The Kier molecular flexibility index (Phi) is 3.40. The van der Waals surface area contributed by atoms with Gasteiger partial charge in [-0.1, -0.05) is 6.07 Å². The maximum Gasteiger partial charge on any atom is 0.337 e. The fourth-order valence-corrected chi connectivity index (χ4v) is 2.02. The number of ketones is 1. The topological polar surface area (TPSA) is 65.4 Å². The fourth-order valence-electron chi connectivity index (χ4n) is 1.92. The first-order chi connectivity index (χ1) is 8.95. The number of hydrogen-bond acceptors (Lipinski definition) is 4. The van der Waals surface area contributed by atoms with Crippen molar-refractivity contribution in [3.63, 3.8) is 0 Å². The highest BCUT2D eigenvalue weighted by molar-refractivity contribution is 6.83. The second-order valence-corrected chi connectivity index (χ2v) is 4.32. The summed E-state index contributed by atoms with van der Waals surface area (Å²) in [4.78, 5) is 34.1. The number of carbonyl (C=O) groups excluding carboxylic acids is 3. The number of rotatable bonds is 3. The van der Waals surface area contributed by atoms with Gasteiger partial charge in [-0.3, -0.25) is 9.59 Å². The van der Waals surface area contributed by atoms with Gasteiger partial charge in [0.2, 0.25) is 5.78 Å². The molecule has 5 nitrogen and oxygen atoms in total. The Labute approximate surface area is 113 Å². The van der Waals surface area contributed by atoms with E-state index in [-0.39, 0.29) is 5.56 Å². The molecule has 0 atom stereocenters. The zero-order chi connectivity index (χ0) is 14.2. The number of Topliss-reactive ketones (excluding diaryl/α,β-unsaturated/α-hetero) is 1. The van der Waals surface area contributed by atoms with Crippen LogP contribution >= 0.6 is 11.6 Å². The minimum atomic E-state index is -1.04. The zero-order valence-corrected chi connectivity index (χ0v) is 11.0. The fraction of sp³-hybridized carbons (Fsp3) is 0.154. The van der Waals surface area contributed by atoms with E-state index in [0.29, 0.717) is 16.5 Å². The molecule has 0 N–H and O–H groups in total. The number of aromatic nitrogens is 1. The molecule has 6 heteroatoms. The lowest BCUT2D eigenvalue weighted by molar-refractivity contribution is -0.108. The van der Waals surface area contributed by atoms with Crippen molar-refractivity contribution < 1.29 is 19.1 Å². The van der Waals surface area contributed by atoms with E-state index in [1.807, 2.05) is 0 Å². The minimum Gasteiger partial charge on any atom is -0.465 e. The SMILES string of the molecule is COC(=O)c1ccc2c(C(=O)C(=O)Cl)cn(C)c2c1. The average Bonchev–Trinajstić information content (AvgIpc) is 2.73. The Morgan fingerprint density at radius 2 is 1.95 bits per heavy atom. The van der Waals surface area contributed by atoms with E-state index in [9.17, 15) is 14.4 Å². The Bertz CT molecular complexity index is 702. The van der Waals surface area contributed by atoms with Crippen LogP contribution in [0.1, 0.15) is 20.7 Å². The van der Waals surface area contributed by atoms with Crippen LogP contribution in [0, 0.1) is 0 Å². The molecule has 0 spiro atoms. The van der Waals surface area contributed by atoms with Crippen LogP contribution in [-0.4, -0.2) is 28.7 Å². The van der Waals surface area contributed by atoms with Gasteiger partial charge in [0.25, 0.3) is 5.24 Å². The van der Waals surface area contributed by atoms with Crippen molar-refractivity contribution in [1.29, 1.82) is 0 Å². The Morgan fingerprint density at radius 3 is 2.53 bits per heavy atom. The summed E-state index contributed by atoms with van der Waals surface area (Å²) in [5.41, 5.74) is 1.23. The van der Waals surface area contributed by atoms with Gasteiger partial charge in [-0.15, -0.1) is 0 Å². The minimum absolute atomic E-state index is 0.217. The van der Waals surface area contributed by atoms with Crippen LogP contribution in [0.4, 0.5) is 0 Å². The highest BCUT2D eigenvalue weighted by Gasteiger charge is 2.20. The molecule has 1 heterocycles. The second kappa shape index (κ2) is 4.85. The molecule has 0 fully saturated rings. The van der Waals surface area contributed by atoms with Crippen molar-refractivity contribution in [2.24, 2.45) is 7.05 Å². The number of ether oxygens (including phenoxy) is 1. The highest BCUT2D eigenvalue weighted by atomic mass is 35.5. The average molecular weight is 280 g/mol. The van der Waals surface area contributed by atoms with Crippen LogP contribution in [0.15, 0.2) is 24.4 Å². The number of esters is 1. The summed E-state index contributed by atoms with van der Waals surface area (Å²) < 4.78 is 6.27. The van der Waals surface area contributed by atoms with Gasteiger partial charge in [0.15, 0.2) is 0 Å². The van der Waals surface area contributed by atoms with Gasteiger partial charge in [0.1, 0.15) is 0 Å². The van der Waals surface area contributed by atoms with Crippen molar-refractivity contribution in [2.75, 3.05) is 7.11 Å². The van der Waals surface area contributed by atoms with Crippen LogP contribution in [0.2, 0.25) is 0 Å². The lowest BCUT2D eigenvalue weighted by Crippen LogP contribution is -2.06. The number of carbonyl (C=O) groups is 3. The van der Waals surface area contributed by atoms with Gasteiger partial charge in [0, 0.05) is 24.1 Å². The van der Waals surface area contributed by atoms with Crippen molar-refractivity contribution in [3.8, 4) is 0 Å². The standard InChI is InChI=1S/C13H10ClNO4/c1-15-6-9(11(16)12(14)17)8-4-3-7(5-10(8)15)13(18)19-2/h3-6H,1-2H3. The van der Waals surface area contributed by atoms with E-state index in [2.05, 4.69) is 4.74 Å². The zero-order valence-electron chi connectivity index (χ0n) is 10.3. The van der Waals surface area contributed by atoms with Crippen LogP contribution < -0.4 is 0 Å². The van der Waals surface area contributed by atoms with Gasteiger partial charge < -0.3 is 9.30 Å². The molecule has 0 aliphatic heterocycles. The number of fused-ring (bicyclic) bond motifs is 1. The van der Waals surface area contributed by atoms with E-state index in [1.165, 1.54) is 19.4 Å². The lowest BCUT2D eigenvalue weighted by Gasteiger charge is -2.01. The molecule has 0 unspecified atom stereocenters. The molecule has 19 heavy (non-hydrogen) atoms. The molecule has 0 aliphatic carbocycles. The number of hydrogen-bond donors (Lipinski definition) is 0. The molecule has 98 valence electrons. The molecule has 2 rings (SSSR count). The highest BCUT2D eigenvalue weighted by Crippen LogP contribution is 2.23. The first-order valence-corrected chi connectivity index (χ1v) is 5.75. The molecule has 0 bridgehead atoms. The maximum absolute atomic E-state index is 11.7. The van der Waals surface area contributed by atoms with E-state index in [0.717, 1.165) is 0 Å². The van der Waals surface area contributed by atoms with Crippen LogP contribution in [0.25, 0.3) is 10.9 Å². The molecule has 1 aromatic carbocycles. The van der Waals surface area contributed by atoms with Crippen LogP contribution in [0.5, 0.6) is 0 Å². The van der Waals surface area contributed by atoms with Crippen molar-refractivity contribution >= 4 is 39.5 Å². The van der Waals surface area contributed by atoms with E-state index < -0.39 is 17.0 Å². The van der Waals surface area contributed by atoms with E-state index in [1.54, 1.807) is 23.7 Å². The van der Waals surface area contributed by atoms with E-state index in [4.69, 9.17) is 11.6 Å². The third kappa shape index (κ3) is 2.24. The number of nitrogens with zero attached hydrogens (tertiary/aromatic N) is 1. The molecule has 1 aromatic heterocycles. The normalized spacial score (nSPS) is 10.5. The van der Waals surface area contributed by atoms with Crippen molar-refractivity contribution in [1.82, 2.24) is 4.57 Å². The van der Waals surface area contributed by atoms with Crippen LogP contribution in [-0.2, 0) is 16.6 Å². The molecular formula is C13H10ClNO4. The third-order valence-electron chi connectivity index (χ3n) is 2.83. The molecule has 0 amide bonds. The first kappa shape index (κ1) is 13.3. The summed E-state index contributed by atoms with van der Waals surface area (Å²) in [5, 5.41) is -0.473. The van der Waals surface area contributed by atoms with Crippen LogP contribution in [0.3, 0.4) is 0 Å². The van der Waals surface area contributed by atoms with Gasteiger partial charge in [-0.2, -0.15) is 0 Å². The number of methoxy groups -OCH3 is 1. The monoisotopic (exact) mass is 279 g/mol. The third-order valence-corrected chi connectivity index (χ3v) is 3.01. The second-order valence-electron chi connectivity index (χ2n) is 3.98. The molecule has 2 aromatic rings. The van der Waals surface area contributed by atoms with Gasteiger partial charge >= 0.3 is 5.97 Å². The quantitative estimate of drug-likeness (QED) is 0.373. The summed E-state index contributed by atoms with van der Waals surface area (Å²) in [7, 11) is 3.00. The Hall–Kier alpha value is -2.14. The van der Waals surface area contributed by atoms with Crippen molar-refractivity contribution in [2.45, 2.75) is 0 Å². The number of benzene rings is 1. The Balaban J connectivity index is 2.64. The first-order valence-electron chi connectivity index (χ1n) is 5.37. The summed E-state index contributed by atoms with van der Waals surface area (Å²) in [6.07, 6.45) is 1.51. The van der Waals surface area contributed by atoms with Gasteiger partial charge in [-0.05, 0) is 23.7 Å². The molecule has 0 aliphatic rings. The summed E-state index contributed by atoms with van der Waals surface area (Å²) in [5.74, 6) is -1.23. The smallest absolute Gasteiger partial charge is 0.337 e.